The van der Waals surface area contributed by atoms with Crippen LogP contribution in [0.25, 0.3) is 0 Å². The molecule has 1 aliphatic rings. The summed E-state index contributed by atoms with van der Waals surface area (Å²) in [5, 5.41) is 11.3. The average molecular weight is 315 g/mol. The first kappa shape index (κ1) is 16.3. The van der Waals surface area contributed by atoms with E-state index < -0.39 is 23.6 Å². The van der Waals surface area contributed by atoms with Crippen molar-refractivity contribution in [2.45, 2.75) is 25.4 Å². The summed E-state index contributed by atoms with van der Waals surface area (Å²) in [6.45, 7) is 1.49. The maximum Gasteiger partial charge on any atom is 0.416 e. The molecule has 1 aromatic rings. The van der Waals surface area contributed by atoms with Crippen molar-refractivity contribution in [3.05, 3.63) is 35.4 Å². The molecule has 22 heavy (non-hydrogen) atoms. The highest BCUT2D eigenvalue weighted by atomic mass is 19.4. The van der Waals surface area contributed by atoms with Gasteiger partial charge in [-0.1, -0.05) is 25.1 Å². The van der Waals surface area contributed by atoms with Gasteiger partial charge in [0.05, 0.1) is 11.5 Å². The molecule has 1 aromatic carbocycles. The number of alkyl halides is 3. The third kappa shape index (κ3) is 3.78. The van der Waals surface area contributed by atoms with Gasteiger partial charge in [-0.2, -0.15) is 13.2 Å². The Morgan fingerprint density at radius 3 is 2.68 bits per heavy atom. The second-order valence-corrected chi connectivity index (χ2v) is 5.56. The Hall–Kier alpha value is -2.05. The van der Waals surface area contributed by atoms with Gasteiger partial charge in [-0.25, -0.2) is 0 Å². The van der Waals surface area contributed by atoms with Gasteiger partial charge >= 0.3 is 12.1 Å². The molecule has 0 bridgehead atoms. The topological polar surface area (TPSA) is 66.4 Å². The molecule has 1 saturated carbocycles. The number of carbonyl (C=O) groups excluding carboxylic acids is 1. The van der Waals surface area contributed by atoms with Crippen LogP contribution in [-0.4, -0.2) is 23.5 Å². The average Bonchev–Trinajstić information content (AvgIpc) is 3.24. The summed E-state index contributed by atoms with van der Waals surface area (Å²) in [6, 6.07) is 4.97. The minimum Gasteiger partial charge on any atom is -0.481 e. The van der Waals surface area contributed by atoms with Gasteiger partial charge in [-0.3, -0.25) is 9.59 Å². The molecule has 1 amide bonds. The maximum atomic E-state index is 12.7. The molecule has 0 spiro atoms. The number of halogens is 3. The molecule has 0 heterocycles. The number of rotatable bonds is 5. The third-order valence-corrected chi connectivity index (χ3v) is 3.77. The van der Waals surface area contributed by atoms with Crippen molar-refractivity contribution in [2.24, 2.45) is 11.8 Å². The first-order chi connectivity index (χ1) is 10.2. The van der Waals surface area contributed by atoms with E-state index in [1.54, 1.807) is 6.07 Å². The van der Waals surface area contributed by atoms with Crippen molar-refractivity contribution in [1.82, 2.24) is 5.32 Å². The standard InChI is InChI=1S/C15H16F3NO3/c1-8(14(21)22)7-19-13(20)12-6-11(12)9-3-2-4-10(5-9)15(16,17)18/h2-5,8,11-12H,6-7H2,1H3,(H,19,20)(H,21,22)/t8-,11-,12+/m1/s1. The first-order valence-electron chi connectivity index (χ1n) is 6.88. The molecule has 0 aromatic heterocycles. The Bertz CT molecular complexity index is 586. The molecule has 120 valence electrons. The minimum absolute atomic E-state index is 0.0139. The lowest BCUT2D eigenvalue weighted by Crippen LogP contribution is -2.32. The van der Waals surface area contributed by atoms with Crippen LogP contribution in [0.15, 0.2) is 24.3 Å². The van der Waals surface area contributed by atoms with Gasteiger partial charge in [-0.05, 0) is 24.0 Å². The van der Waals surface area contributed by atoms with Crippen molar-refractivity contribution in [2.75, 3.05) is 6.54 Å². The third-order valence-electron chi connectivity index (χ3n) is 3.77. The van der Waals surface area contributed by atoms with Gasteiger partial charge < -0.3 is 10.4 Å². The number of nitrogens with one attached hydrogen (secondary N) is 1. The highest BCUT2D eigenvalue weighted by molar-refractivity contribution is 5.83. The van der Waals surface area contributed by atoms with E-state index in [0.29, 0.717) is 12.0 Å². The second kappa shape index (κ2) is 5.98. The molecule has 7 heteroatoms. The summed E-state index contributed by atoms with van der Waals surface area (Å²) in [6.07, 6.45) is -3.92. The van der Waals surface area contributed by atoms with E-state index >= 15 is 0 Å². The summed E-state index contributed by atoms with van der Waals surface area (Å²) in [4.78, 5) is 22.5. The number of carbonyl (C=O) groups is 2. The Kier molecular flexibility index (Phi) is 4.44. The lowest BCUT2D eigenvalue weighted by Gasteiger charge is -2.10. The Morgan fingerprint density at radius 2 is 2.09 bits per heavy atom. The summed E-state index contributed by atoms with van der Waals surface area (Å²) < 4.78 is 38.0. The number of benzene rings is 1. The van der Waals surface area contributed by atoms with Gasteiger partial charge in [0, 0.05) is 12.5 Å². The molecule has 3 atom stereocenters. The molecule has 4 nitrogen and oxygen atoms in total. The predicted octanol–water partition coefficient (Wildman–Crippen LogP) is 2.65. The van der Waals surface area contributed by atoms with Crippen LogP contribution in [0.2, 0.25) is 0 Å². The van der Waals surface area contributed by atoms with E-state index in [0.717, 1.165) is 12.1 Å². The van der Waals surface area contributed by atoms with Crippen LogP contribution in [0, 0.1) is 11.8 Å². The van der Waals surface area contributed by atoms with Crippen molar-refractivity contribution in [3.63, 3.8) is 0 Å². The predicted molar refractivity (Wildman–Crippen MR) is 72.1 cm³/mol. The molecule has 2 rings (SSSR count). The molecule has 0 aliphatic heterocycles. The molecular weight excluding hydrogens is 299 g/mol. The molecule has 0 saturated heterocycles. The van der Waals surface area contributed by atoms with E-state index in [9.17, 15) is 22.8 Å². The molecular formula is C15H16F3NO3. The summed E-state index contributed by atoms with van der Waals surface area (Å²) >= 11 is 0. The van der Waals surface area contributed by atoms with E-state index in [1.807, 2.05) is 0 Å². The highest BCUT2D eigenvalue weighted by Crippen LogP contribution is 2.48. The monoisotopic (exact) mass is 315 g/mol. The summed E-state index contributed by atoms with van der Waals surface area (Å²) in [5.41, 5.74) is -0.239. The fourth-order valence-electron chi connectivity index (χ4n) is 2.27. The van der Waals surface area contributed by atoms with Gasteiger partial charge in [-0.15, -0.1) is 0 Å². The summed E-state index contributed by atoms with van der Waals surface area (Å²) in [5.74, 6) is -2.64. The van der Waals surface area contributed by atoms with E-state index in [-0.39, 0.29) is 24.3 Å². The number of carboxylic acid groups (broad SMARTS) is 1. The van der Waals surface area contributed by atoms with Crippen LogP contribution in [0.1, 0.15) is 30.4 Å². The lowest BCUT2D eigenvalue weighted by molar-refractivity contribution is -0.141. The maximum absolute atomic E-state index is 12.7. The first-order valence-corrected chi connectivity index (χ1v) is 6.88. The normalized spacial score (nSPS) is 22.0. The fraction of sp³-hybridized carbons (Fsp3) is 0.467. The minimum atomic E-state index is -4.40. The van der Waals surface area contributed by atoms with Crippen LogP contribution in [0.4, 0.5) is 13.2 Å². The zero-order chi connectivity index (χ0) is 16.5. The van der Waals surface area contributed by atoms with Gasteiger partial charge in [0.2, 0.25) is 5.91 Å². The van der Waals surface area contributed by atoms with Crippen LogP contribution in [-0.2, 0) is 15.8 Å². The molecule has 0 unspecified atom stereocenters. The van der Waals surface area contributed by atoms with E-state index in [2.05, 4.69) is 5.32 Å². The number of carboxylic acids is 1. The number of aliphatic carboxylic acids is 1. The van der Waals surface area contributed by atoms with Crippen molar-refractivity contribution < 1.29 is 27.9 Å². The van der Waals surface area contributed by atoms with Gasteiger partial charge in [0.1, 0.15) is 0 Å². The molecule has 1 fully saturated rings. The lowest BCUT2D eigenvalue weighted by atomic mass is 10.1. The number of hydrogen-bond donors (Lipinski definition) is 2. The van der Waals surface area contributed by atoms with Crippen molar-refractivity contribution in [3.8, 4) is 0 Å². The fourth-order valence-corrected chi connectivity index (χ4v) is 2.27. The zero-order valence-electron chi connectivity index (χ0n) is 11.9. The molecule has 0 radical (unpaired) electrons. The largest absolute Gasteiger partial charge is 0.481 e. The van der Waals surface area contributed by atoms with Crippen molar-refractivity contribution >= 4 is 11.9 Å². The Balaban J connectivity index is 1.95. The van der Waals surface area contributed by atoms with Crippen LogP contribution in [0.5, 0.6) is 0 Å². The quantitative estimate of drug-likeness (QED) is 0.878. The van der Waals surface area contributed by atoms with Crippen LogP contribution < -0.4 is 5.32 Å². The Labute approximate surface area is 125 Å². The van der Waals surface area contributed by atoms with Crippen molar-refractivity contribution in [1.29, 1.82) is 0 Å². The second-order valence-electron chi connectivity index (χ2n) is 5.56. The molecule has 2 N–H and O–H groups in total. The van der Waals surface area contributed by atoms with E-state index in [4.69, 9.17) is 5.11 Å². The Morgan fingerprint density at radius 1 is 1.41 bits per heavy atom. The highest BCUT2D eigenvalue weighted by Gasteiger charge is 2.44. The summed E-state index contributed by atoms with van der Waals surface area (Å²) in [7, 11) is 0. The van der Waals surface area contributed by atoms with Crippen LogP contribution in [0.3, 0.4) is 0 Å². The number of hydrogen-bond acceptors (Lipinski definition) is 2. The van der Waals surface area contributed by atoms with Gasteiger partial charge in [0.25, 0.3) is 0 Å². The van der Waals surface area contributed by atoms with Gasteiger partial charge in [0.15, 0.2) is 0 Å². The SMILES string of the molecule is C[C@H](CNC(=O)[C@H]1C[C@@H]1c1cccc(C(F)(F)F)c1)C(=O)O. The molecule has 1 aliphatic carbocycles. The number of amides is 1. The van der Waals surface area contributed by atoms with Crippen LogP contribution >= 0.6 is 0 Å². The zero-order valence-corrected chi connectivity index (χ0v) is 11.9. The van der Waals surface area contributed by atoms with E-state index in [1.165, 1.54) is 13.0 Å². The smallest absolute Gasteiger partial charge is 0.416 e.